The monoisotopic (exact) mass is 234 g/mol. The largest absolute Gasteiger partial charge is 0.339 e. The molecule has 7 heteroatoms. The van der Waals surface area contributed by atoms with Gasteiger partial charge >= 0.3 is 0 Å². The second kappa shape index (κ2) is 4.62. The molecule has 2 aromatic rings. The van der Waals surface area contributed by atoms with Gasteiger partial charge in [-0.25, -0.2) is 0 Å². The summed E-state index contributed by atoms with van der Waals surface area (Å²) < 4.78 is 5.22. The van der Waals surface area contributed by atoms with Crippen molar-refractivity contribution < 1.29 is 4.52 Å². The summed E-state index contributed by atoms with van der Waals surface area (Å²) in [5.41, 5.74) is 0.613. The van der Waals surface area contributed by atoms with Crippen LogP contribution in [0.3, 0.4) is 0 Å². The van der Waals surface area contributed by atoms with Gasteiger partial charge in [0.2, 0.25) is 11.7 Å². The number of piperidine rings is 1. The van der Waals surface area contributed by atoms with Crippen molar-refractivity contribution >= 4 is 0 Å². The minimum absolute atomic E-state index is 0.498. The van der Waals surface area contributed by atoms with Crippen LogP contribution in [-0.2, 0) is 6.42 Å². The maximum atomic E-state index is 5.22. The smallest absolute Gasteiger partial charge is 0.227 e. The highest BCUT2D eigenvalue weighted by Gasteiger charge is 2.18. The van der Waals surface area contributed by atoms with Crippen LogP contribution in [0.2, 0.25) is 0 Å². The molecule has 0 saturated carbocycles. The van der Waals surface area contributed by atoms with E-state index in [0.29, 0.717) is 23.3 Å². The van der Waals surface area contributed by atoms with Crippen LogP contribution in [0.25, 0.3) is 11.5 Å². The highest BCUT2D eigenvalue weighted by atomic mass is 16.5. The van der Waals surface area contributed by atoms with E-state index < -0.39 is 0 Å². The average Bonchev–Trinajstić information content (AvgIpc) is 3.00. The summed E-state index contributed by atoms with van der Waals surface area (Å²) in [4.78, 5) is 4.32. The van der Waals surface area contributed by atoms with Crippen LogP contribution >= 0.6 is 0 Å². The summed E-state index contributed by atoms with van der Waals surface area (Å²) in [5.74, 6) is 1.77. The zero-order valence-electron chi connectivity index (χ0n) is 9.39. The first-order chi connectivity index (χ1) is 8.42. The van der Waals surface area contributed by atoms with Crippen LogP contribution in [0.4, 0.5) is 0 Å². The molecule has 1 unspecified atom stereocenters. The van der Waals surface area contributed by atoms with E-state index >= 15 is 0 Å². The van der Waals surface area contributed by atoms with Gasteiger partial charge in [0.25, 0.3) is 0 Å². The summed E-state index contributed by atoms with van der Waals surface area (Å²) in [6.07, 6.45) is 4.85. The fourth-order valence-electron chi connectivity index (χ4n) is 2.10. The molecule has 2 aromatic heterocycles. The van der Waals surface area contributed by atoms with Crippen LogP contribution in [0.1, 0.15) is 18.7 Å². The van der Waals surface area contributed by atoms with Crippen molar-refractivity contribution in [2.24, 2.45) is 5.92 Å². The van der Waals surface area contributed by atoms with Crippen LogP contribution in [0, 0.1) is 5.92 Å². The molecule has 0 spiro atoms. The molecule has 1 aliphatic heterocycles. The molecule has 17 heavy (non-hydrogen) atoms. The van der Waals surface area contributed by atoms with Gasteiger partial charge in [0, 0.05) is 6.42 Å². The quantitative estimate of drug-likeness (QED) is 0.798. The molecule has 1 aliphatic rings. The summed E-state index contributed by atoms with van der Waals surface area (Å²) in [5, 5.41) is 17.4. The fraction of sp³-hybridized carbons (Fsp3) is 0.600. The van der Waals surface area contributed by atoms with Crippen LogP contribution in [0.5, 0.6) is 0 Å². The number of aromatic amines is 1. The molecular formula is C10H14N6O. The lowest BCUT2D eigenvalue weighted by atomic mass is 9.96. The summed E-state index contributed by atoms with van der Waals surface area (Å²) in [7, 11) is 0. The van der Waals surface area contributed by atoms with E-state index in [-0.39, 0.29) is 0 Å². The van der Waals surface area contributed by atoms with Gasteiger partial charge in [0.15, 0.2) is 5.69 Å². The van der Waals surface area contributed by atoms with Gasteiger partial charge in [-0.1, -0.05) is 5.16 Å². The molecule has 0 radical (unpaired) electrons. The highest BCUT2D eigenvalue weighted by molar-refractivity contribution is 5.44. The molecular weight excluding hydrogens is 220 g/mol. The normalized spacial score (nSPS) is 20.6. The van der Waals surface area contributed by atoms with E-state index in [1.54, 1.807) is 6.20 Å². The minimum atomic E-state index is 0.498. The summed E-state index contributed by atoms with van der Waals surface area (Å²) in [6.45, 7) is 2.15. The lowest BCUT2D eigenvalue weighted by molar-refractivity contribution is 0.316. The number of H-pyrrole nitrogens is 1. The number of hydrogen-bond donors (Lipinski definition) is 2. The van der Waals surface area contributed by atoms with E-state index in [2.05, 4.69) is 30.9 Å². The van der Waals surface area contributed by atoms with Gasteiger partial charge in [-0.2, -0.15) is 20.4 Å². The van der Waals surface area contributed by atoms with Crippen molar-refractivity contribution in [3.63, 3.8) is 0 Å². The Kier molecular flexibility index (Phi) is 2.83. The molecule has 2 N–H and O–H groups in total. The Labute approximate surface area is 98.0 Å². The SMILES string of the molecule is c1n[nH]nc1-c1noc(CC2CCCNC2)n1. The van der Waals surface area contributed by atoms with Gasteiger partial charge < -0.3 is 9.84 Å². The first-order valence-corrected chi connectivity index (χ1v) is 5.81. The number of nitrogens with one attached hydrogen (secondary N) is 2. The van der Waals surface area contributed by atoms with Crippen molar-refractivity contribution in [1.82, 2.24) is 30.9 Å². The van der Waals surface area contributed by atoms with Crippen molar-refractivity contribution in [2.75, 3.05) is 13.1 Å². The van der Waals surface area contributed by atoms with E-state index in [1.807, 2.05) is 0 Å². The fourth-order valence-corrected chi connectivity index (χ4v) is 2.10. The lowest BCUT2D eigenvalue weighted by Crippen LogP contribution is -2.30. The van der Waals surface area contributed by atoms with Gasteiger partial charge in [0.05, 0.1) is 6.20 Å². The zero-order valence-corrected chi connectivity index (χ0v) is 9.39. The van der Waals surface area contributed by atoms with Crippen molar-refractivity contribution in [3.8, 4) is 11.5 Å². The predicted octanol–water partition coefficient (Wildman–Crippen LogP) is 0.397. The number of rotatable bonds is 3. The minimum Gasteiger partial charge on any atom is -0.339 e. The molecule has 0 bridgehead atoms. The van der Waals surface area contributed by atoms with Gasteiger partial charge in [-0.05, 0) is 31.8 Å². The molecule has 3 rings (SSSR count). The molecule has 3 heterocycles. The number of aromatic nitrogens is 5. The Hall–Kier alpha value is -1.76. The lowest BCUT2D eigenvalue weighted by Gasteiger charge is -2.20. The van der Waals surface area contributed by atoms with Gasteiger partial charge in [-0.3, -0.25) is 0 Å². The molecule has 1 atom stereocenters. The third-order valence-electron chi connectivity index (χ3n) is 2.97. The third kappa shape index (κ3) is 2.33. The Bertz CT molecular complexity index is 459. The highest BCUT2D eigenvalue weighted by Crippen LogP contribution is 2.17. The average molecular weight is 234 g/mol. The second-order valence-electron chi connectivity index (χ2n) is 4.28. The molecule has 1 saturated heterocycles. The summed E-state index contributed by atoms with van der Waals surface area (Å²) in [6, 6.07) is 0. The Morgan fingerprint density at radius 1 is 1.47 bits per heavy atom. The number of hydrogen-bond acceptors (Lipinski definition) is 6. The van der Waals surface area contributed by atoms with Crippen LogP contribution < -0.4 is 5.32 Å². The second-order valence-corrected chi connectivity index (χ2v) is 4.28. The molecule has 7 nitrogen and oxygen atoms in total. The summed E-state index contributed by atoms with van der Waals surface area (Å²) >= 11 is 0. The van der Waals surface area contributed by atoms with Gasteiger partial charge in [0.1, 0.15) is 0 Å². The van der Waals surface area contributed by atoms with Crippen LogP contribution in [-0.4, -0.2) is 38.6 Å². The maximum Gasteiger partial charge on any atom is 0.227 e. The molecule has 0 aromatic carbocycles. The van der Waals surface area contributed by atoms with Crippen molar-refractivity contribution in [2.45, 2.75) is 19.3 Å². The van der Waals surface area contributed by atoms with Crippen molar-refractivity contribution in [3.05, 3.63) is 12.1 Å². The molecule has 1 fully saturated rings. The Balaban J connectivity index is 1.68. The topological polar surface area (TPSA) is 92.5 Å². The van der Waals surface area contributed by atoms with Crippen LogP contribution in [0.15, 0.2) is 10.7 Å². The molecule has 0 amide bonds. The third-order valence-corrected chi connectivity index (χ3v) is 2.97. The van der Waals surface area contributed by atoms with E-state index in [1.165, 1.54) is 12.8 Å². The van der Waals surface area contributed by atoms with E-state index in [4.69, 9.17) is 4.52 Å². The number of nitrogens with zero attached hydrogens (tertiary/aromatic N) is 4. The molecule has 90 valence electrons. The Morgan fingerprint density at radius 3 is 3.24 bits per heavy atom. The standard InChI is InChI=1S/C10H14N6O/c1-2-7(5-11-3-1)4-9-13-10(15-17-9)8-6-12-16-14-8/h6-7,11H,1-5H2,(H,12,14,16). The van der Waals surface area contributed by atoms with E-state index in [9.17, 15) is 0 Å². The zero-order chi connectivity index (χ0) is 11.5. The first kappa shape index (κ1) is 10.4. The maximum absolute atomic E-state index is 5.22. The van der Waals surface area contributed by atoms with Crippen molar-refractivity contribution in [1.29, 1.82) is 0 Å². The predicted molar refractivity (Wildman–Crippen MR) is 59.0 cm³/mol. The van der Waals surface area contributed by atoms with Gasteiger partial charge in [-0.15, -0.1) is 0 Å². The molecule has 0 aliphatic carbocycles. The first-order valence-electron chi connectivity index (χ1n) is 5.81. The van der Waals surface area contributed by atoms with E-state index in [0.717, 1.165) is 19.5 Å². The Morgan fingerprint density at radius 2 is 2.47 bits per heavy atom.